The Hall–Kier alpha value is -1.22. The molecule has 9 heteroatoms. The van der Waals surface area contributed by atoms with Gasteiger partial charge >= 0.3 is 0 Å². The second kappa shape index (κ2) is 7.17. The van der Waals surface area contributed by atoms with Crippen LogP contribution in [0.3, 0.4) is 0 Å². The fourth-order valence-electron chi connectivity index (χ4n) is 1.66. The predicted molar refractivity (Wildman–Crippen MR) is 76.2 cm³/mol. The molecular formula is C12H16ClFN2O4S. The topological polar surface area (TPSA) is 89.7 Å². The lowest BCUT2D eigenvalue weighted by Gasteiger charge is -2.18. The van der Waals surface area contributed by atoms with Crippen LogP contribution in [0.1, 0.15) is 16.8 Å². The number of amides is 1. The fraction of sp³-hybridized carbons (Fsp3) is 0.417. The first-order valence-electron chi connectivity index (χ1n) is 5.94. The first-order valence-corrected chi connectivity index (χ1v) is 7.87. The number of rotatable bonds is 6. The molecule has 0 aliphatic carbocycles. The molecule has 0 heterocycles. The van der Waals surface area contributed by atoms with Gasteiger partial charge in [-0.25, -0.2) is 17.9 Å². The summed E-state index contributed by atoms with van der Waals surface area (Å²) in [5.41, 5.74) is -0.400. The highest BCUT2D eigenvalue weighted by molar-refractivity contribution is 7.89. The number of nitrogens with zero attached hydrogens (tertiary/aromatic N) is 1. The van der Waals surface area contributed by atoms with Crippen molar-refractivity contribution in [2.24, 2.45) is 5.14 Å². The van der Waals surface area contributed by atoms with Gasteiger partial charge in [0.15, 0.2) is 0 Å². The van der Waals surface area contributed by atoms with E-state index >= 15 is 0 Å². The lowest BCUT2D eigenvalue weighted by Crippen LogP contribution is -2.29. The molecule has 1 aromatic rings. The molecule has 6 nitrogen and oxygen atoms in total. The third-order valence-electron chi connectivity index (χ3n) is 2.75. The number of nitrogens with two attached hydrogens (primary N) is 1. The van der Waals surface area contributed by atoms with Crippen LogP contribution in [0, 0.1) is 5.82 Å². The summed E-state index contributed by atoms with van der Waals surface area (Å²) in [7, 11) is -1.14. The molecule has 0 saturated carbocycles. The van der Waals surface area contributed by atoms with Crippen LogP contribution in [0.25, 0.3) is 0 Å². The lowest BCUT2D eigenvalue weighted by atomic mass is 10.2. The van der Waals surface area contributed by atoms with Crippen molar-refractivity contribution in [2.45, 2.75) is 11.3 Å². The molecule has 1 rings (SSSR count). The van der Waals surface area contributed by atoms with Crippen molar-refractivity contribution >= 4 is 27.5 Å². The molecule has 0 spiro atoms. The van der Waals surface area contributed by atoms with Gasteiger partial charge in [-0.3, -0.25) is 4.79 Å². The summed E-state index contributed by atoms with van der Waals surface area (Å²) < 4.78 is 41.4. The Morgan fingerprint density at radius 3 is 2.62 bits per heavy atom. The zero-order valence-electron chi connectivity index (χ0n) is 11.6. The van der Waals surface area contributed by atoms with Crippen molar-refractivity contribution < 1.29 is 22.3 Å². The zero-order valence-corrected chi connectivity index (χ0v) is 13.2. The number of halogens is 2. The number of carbonyl (C=O) groups is 1. The molecule has 0 saturated heterocycles. The van der Waals surface area contributed by atoms with E-state index in [4.69, 9.17) is 21.5 Å². The van der Waals surface area contributed by atoms with E-state index in [1.165, 1.54) is 19.1 Å². The van der Waals surface area contributed by atoms with E-state index in [1.807, 2.05) is 0 Å². The van der Waals surface area contributed by atoms with E-state index in [0.717, 1.165) is 12.1 Å². The molecule has 0 atom stereocenters. The van der Waals surface area contributed by atoms with Crippen molar-refractivity contribution in [1.29, 1.82) is 0 Å². The monoisotopic (exact) mass is 338 g/mol. The summed E-state index contributed by atoms with van der Waals surface area (Å²) in [6, 6.07) is 1.61. The lowest BCUT2D eigenvalue weighted by molar-refractivity contribution is 0.0774. The first-order chi connectivity index (χ1) is 9.68. The standard InChI is InChI=1S/C12H16ClFN2O4S/c1-16(4-3-5-20-2)12(17)8-6-11(21(15,18)19)9(13)7-10(8)14/h6-7H,3-5H2,1-2H3,(H2,15,18,19). The molecule has 118 valence electrons. The third kappa shape index (κ3) is 4.63. The summed E-state index contributed by atoms with van der Waals surface area (Å²) in [6.45, 7) is 0.780. The second-order valence-electron chi connectivity index (χ2n) is 4.38. The Morgan fingerprint density at radius 2 is 2.10 bits per heavy atom. The highest BCUT2D eigenvalue weighted by Crippen LogP contribution is 2.24. The number of primary sulfonamides is 1. The van der Waals surface area contributed by atoms with Gasteiger partial charge in [0.25, 0.3) is 5.91 Å². The summed E-state index contributed by atoms with van der Waals surface area (Å²) in [4.78, 5) is 12.9. The molecule has 21 heavy (non-hydrogen) atoms. The molecule has 0 radical (unpaired) electrons. The van der Waals surface area contributed by atoms with Crippen molar-refractivity contribution in [3.05, 3.63) is 28.5 Å². The molecule has 1 amide bonds. The van der Waals surface area contributed by atoms with Crippen LogP contribution in [0.2, 0.25) is 5.02 Å². The van der Waals surface area contributed by atoms with Gasteiger partial charge < -0.3 is 9.64 Å². The molecule has 0 aromatic heterocycles. The van der Waals surface area contributed by atoms with Gasteiger partial charge in [-0.2, -0.15) is 0 Å². The number of benzene rings is 1. The van der Waals surface area contributed by atoms with Crippen molar-refractivity contribution in [3.63, 3.8) is 0 Å². The normalized spacial score (nSPS) is 11.5. The minimum Gasteiger partial charge on any atom is -0.385 e. The Bertz CT molecular complexity index is 636. The maximum atomic E-state index is 13.8. The number of methoxy groups -OCH3 is 1. The number of sulfonamides is 1. The average Bonchev–Trinajstić information content (AvgIpc) is 2.36. The predicted octanol–water partition coefficient (Wildman–Crippen LogP) is 1.24. The minimum absolute atomic E-state index is 0.333. The van der Waals surface area contributed by atoms with Crippen LogP contribution >= 0.6 is 11.6 Å². The molecule has 0 aliphatic heterocycles. The van der Waals surface area contributed by atoms with Gasteiger partial charge in [0.2, 0.25) is 10.0 Å². The van der Waals surface area contributed by atoms with E-state index < -0.39 is 32.2 Å². The summed E-state index contributed by atoms with van der Waals surface area (Å²) in [6.07, 6.45) is 0.565. The second-order valence-corrected chi connectivity index (χ2v) is 6.32. The molecule has 1 aromatic carbocycles. The van der Waals surface area contributed by atoms with E-state index in [0.29, 0.717) is 19.6 Å². The van der Waals surface area contributed by atoms with Gasteiger partial charge in [-0.05, 0) is 18.6 Å². The van der Waals surface area contributed by atoms with Crippen molar-refractivity contribution in [2.75, 3.05) is 27.3 Å². The van der Waals surface area contributed by atoms with E-state index in [1.54, 1.807) is 0 Å². The number of hydrogen-bond donors (Lipinski definition) is 1. The van der Waals surface area contributed by atoms with Gasteiger partial charge in [0.1, 0.15) is 10.7 Å². The Kier molecular flexibility index (Phi) is 6.09. The quantitative estimate of drug-likeness (QED) is 0.790. The Balaban J connectivity index is 3.10. The summed E-state index contributed by atoms with van der Waals surface area (Å²) in [5, 5.41) is 4.61. The van der Waals surface area contributed by atoms with Gasteiger partial charge in [0, 0.05) is 27.3 Å². The highest BCUT2D eigenvalue weighted by atomic mass is 35.5. The molecule has 0 bridgehead atoms. The number of carbonyl (C=O) groups excluding carboxylic acids is 1. The third-order valence-corrected chi connectivity index (χ3v) is 4.12. The van der Waals surface area contributed by atoms with Crippen LogP contribution in [0.5, 0.6) is 0 Å². The van der Waals surface area contributed by atoms with E-state index in [2.05, 4.69) is 0 Å². The molecular weight excluding hydrogens is 323 g/mol. The zero-order chi connectivity index (χ0) is 16.2. The summed E-state index contributed by atoms with van der Waals surface area (Å²) >= 11 is 5.63. The largest absolute Gasteiger partial charge is 0.385 e. The first kappa shape index (κ1) is 17.8. The minimum atomic E-state index is -4.14. The maximum absolute atomic E-state index is 13.8. The fourth-order valence-corrected chi connectivity index (χ4v) is 2.75. The Morgan fingerprint density at radius 1 is 1.48 bits per heavy atom. The van der Waals surface area contributed by atoms with Gasteiger partial charge in [-0.15, -0.1) is 0 Å². The Labute approximate surface area is 127 Å². The average molecular weight is 339 g/mol. The number of ether oxygens (including phenoxy) is 1. The highest BCUT2D eigenvalue weighted by Gasteiger charge is 2.22. The van der Waals surface area contributed by atoms with E-state index in [-0.39, 0.29) is 5.02 Å². The molecule has 0 unspecified atom stereocenters. The summed E-state index contributed by atoms with van der Waals surface area (Å²) in [5.74, 6) is -1.57. The number of hydrogen-bond acceptors (Lipinski definition) is 4. The van der Waals surface area contributed by atoms with E-state index in [9.17, 15) is 17.6 Å². The van der Waals surface area contributed by atoms with Gasteiger partial charge in [0.05, 0.1) is 10.6 Å². The van der Waals surface area contributed by atoms with Crippen molar-refractivity contribution in [1.82, 2.24) is 4.90 Å². The van der Waals surface area contributed by atoms with Crippen LogP contribution in [0.15, 0.2) is 17.0 Å². The van der Waals surface area contributed by atoms with Crippen molar-refractivity contribution in [3.8, 4) is 0 Å². The van der Waals surface area contributed by atoms with Crippen LogP contribution < -0.4 is 5.14 Å². The SMILES string of the molecule is COCCCN(C)C(=O)c1cc(S(N)(=O)=O)c(Cl)cc1F. The molecule has 0 aliphatic rings. The van der Waals surface area contributed by atoms with Crippen LogP contribution in [-0.2, 0) is 14.8 Å². The van der Waals surface area contributed by atoms with Crippen LogP contribution in [0.4, 0.5) is 4.39 Å². The van der Waals surface area contributed by atoms with Crippen LogP contribution in [-0.4, -0.2) is 46.5 Å². The smallest absolute Gasteiger partial charge is 0.256 e. The van der Waals surface area contributed by atoms with Gasteiger partial charge in [-0.1, -0.05) is 11.6 Å². The molecule has 2 N–H and O–H groups in total. The maximum Gasteiger partial charge on any atom is 0.256 e. The molecule has 0 fully saturated rings.